The average Bonchev–Trinajstić information content (AvgIpc) is 2.95. The summed E-state index contributed by atoms with van der Waals surface area (Å²) in [6.45, 7) is 0.191. The molecule has 4 heteroatoms. The number of nitrogens with one attached hydrogen (secondary N) is 2. The van der Waals surface area contributed by atoms with Crippen LogP contribution in [-0.4, -0.2) is 12.5 Å². The number of amides is 1. The van der Waals surface area contributed by atoms with Gasteiger partial charge in [0.1, 0.15) is 5.82 Å². The van der Waals surface area contributed by atoms with Crippen LogP contribution < -0.4 is 10.6 Å². The summed E-state index contributed by atoms with van der Waals surface area (Å²) in [6, 6.07) is 12.0. The largest absolute Gasteiger partial charge is 0.376 e. The van der Waals surface area contributed by atoms with Crippen LogP contribution in [0.4, 0.5) is 15.8 Å². The summed E-state index contributed by atoms with van der Waals surface area (Å²) >= 11 is 0. The van der Waals surface area contributed by atoms with Gasteiger partial charge < -0.3 is 10.6 Å². The van der Waals surface area contributed by atoms with Crippen LogP contribution in [0.5, 0.6) is 0 Å². The van der Waals surface area contributed by atoms with Crippen LogP contribution in [0, 0.1) is 5.82 Å². The van der Waals surface area contributed by atoms with Crippen molar-refractivity contribution in [2.75, 3.05) is 17.2 Å². The van der Waals surface area contributed by atoms with Gasteiger partial charge in [0.15, 0.2) is 0 Å². The molecule has 0 unspecified atom stereocenters. The van der Waals surface area contributed by atoms with Crippen LogP contribution in [-0.2, 0) is 17.6 Å². The van der Waals surface area contributed by atoms with E-state index in [0.29, 0.717) is 5.69 Å². The summed E-state index contributed by atoms with van der Waals surface area (Å²) < 4.78 is 12.8. The molecular weight excluding hydrogens is 267 g/mol. The molecule has 0 spiro atoms. The van der Waals surface area contributed by atoms with Gasteiger partial charge in [-0.3, -0.25) is 4.79 Å². The van der Waals surface area contributed by atoms with E-state index in [1.807, 2.05) is 6.07 Å². The maximum atomic E-state index is 12.8. The van der Waals surface area contributed by atoms with Gasteiger partial charge in [-0.1, -0.05) is 6.07 Å². The highest BCUT2D eigenvalue weighted by Crippen LogP contribution is 2.24. The number of hydrogen-bond acceptors (Lipinski definition) is 2. The second kappa shape index (κ2) is 5.95. The third-order valence-electron chi connectivity index (χ3n) is 3.68. The molecule has 1 aliphatic rings. The highest BCUT2D eigenvalue weighted by molar-refractivity contribution is 5.93. The minimum absolute atomic E-state index is 0.151. The highest BCUT2D eigenvalue weighted by Gasteiger charge is 2.11. The van der Waals surface area contributed by atoms with Gasteiger partial charge in [0, 0.05) is 11.4 Å². The van der Waals surface area contributed by atoms with Crippen LogP contribution in [0.15, 0.2) is 42.5 Å². The zero-order chi connectivity index (χ0) is 14.7. The van der Waals surface area contributed by atoms with Crippen LogP contribution in [0.2, 0.25) is 0 Å². The number of carbonyl (C=O) groups excluding carboxylic acids is 1. The number of carbonyl (C=O) groups is 1. The smallest absolute Gasteiger partial charge is 0.243 e. The van der Waals surface area contributed by atoms with Gasteiger partial charge >= 0.3 is 0 Å². The number of rotatable bonds is 4. The molecule has 0 aliphatic heterocycles. The summed E-state index contributed by atoms with van der Waals surface area (Å²) in [7, 11) is 0. The Morgan fingerprint density at radius 1 is 1.00 bits per heavy atom. The summed E-state index contributed by atoms with van der Waals surface area (Å²) in [6.07, 6.45) is 3.48. The summed E-state index contributed by atoms with van der Waals surface area (Å²) in [5.41, 5.74) is 4.34. The molecule has 0 heterocycles. The first-order chi connectivity index (χ1) is 10.2. The van der Waals surface area contributed by atoms with Crippen molar-refractivity contribution in [3.63, 3.8) is 0 Å². The van der Waals surface area contributed by atoms with Crippen molar-refractivity contribution in [3.05, 3.63) is 59.4 Å². The fourth-order valence-electron chi connectivity index (χ4n) is 2.60. The lowest BCUT2D eigenvalue weighted by Gasteiger charge is -2.09. The third-order valence-corrected chi connectivity index (χ3v) is 3.68. The SMILES string of the molecule is O=C(CNc1ccc2c(c1)CCC2)Nc1ccc(F)cc1. The van der Waals surface area contributed by atoms with E-state index in [1.165, 1.54) is 29.7 Å². The zero-order valence-corrected chi connectivity index (χ0v) is 11.7. The Balaban J connectivity index is 1.55. The van der Waals surface area contributed by atoms with Crippen LogP contribution >= 0.6 is 0 Å². The number of benzene rings is 2. The van der Waals surface area contributed by atoms with E-state index in [4.69, 9.17) is 0 Å². The number of aryl methyl sites for hydroxylation is 2. The van der Waals surface area contributed by atoms with Gasteiger partial charge in [0.25, 0.3) is 0 Å². The number of halogens is 1. The van der Waals surface area contributed by atoms with Gasteiger partial charge in [0.2, 0.25) is 5.91 Å². The molecule has 2 N–H and O–H groups in total. The normalized spacial score (nSPS) is 12.8. The zero-order valence-electron chi connectivity index (χ0n) is 11.7. The third kappa shape index (κ3) is 3.40. The standard InChI is InChI=1S/C17H17FN2O/c18-14-5-8-15(9-6-14)20-17(21)11-19-16-7-4-12-2-1-3-13(12)10-16/h4-10,19H,1-3,11H2,(H,20,21). The summed E-state index contributed by atoms with van der Waals surface area (Å²) in [5.74, 6) is -0.466. The minimum atomic E-state index is -0.315. The molecule has 1 amide bonds. The first-order valence-corrected chi connectivity index (χ1v) is 7.12. The predicted octanol–water partition coefficient (Wildman–Crippen LogP) is 3.37. The lowest BCUT2D eigenvalue weighted by molar-refractivity contribution is -0.114. The second-order valence-corrected chi connectivity index (χ2v) is 5.25. The molecule has 0 atom stereocenters. The van der Waals surface area contributed by atoms with Gasteiger partial charge in [-0.15, -0.1) is 0 Å². The van der Waals surface area contributed by atoms with Crippen molar-refractivity contribution in [1.29, 1.82) is 0 Å². The van der Waals surface area contributed by atoms with Crippen molar-refractivity contribution < 1.29 is 9.18 Å². The molecule has 0 aromatic heterocycles. The monoisotopic (exact) mass is 284 g/mol. The average molecular weight is 284 g/mol. The van der Waals surface area contributed by atoms with Crippen molar-refractivity contribution in [2.24, 2.45) is 0 Å². The van der Waals surface area contributed by atoms with E-state index in [0.717, 1.165) is 18.5 Å². The van der Waals surface area contributed by atoms with Gasteiger partial charge in [-0.05, 0) is 66.8 Å². The lowest BCUT2D eigenvalue weighted by Crippen LogP contribution is -2.21. The summed E-state index contributed by atoms with van der Waals surface area (Å²) in [5, 5.41) is 5.84. The van der Waals surface area contributed by atoms with E-state index in [-0.39, 0.29) is 18.3 Å². The molecule has 0 radical (unpaired) electrons. The van der Waals surface area contributed by atoms with E-state index >= 15 is 0 Å². The van der Waals surface area contributed by atoms with Gasteiger partial charge in [-0.25, -0.2) is 4.39 Å². The molecule has 0 fully saturated rings. The molecule has 0 bridgehead atoms. The van der Waals surface area contributed by atoms with Crippen LogP contribution in [0.25, 0.3) is 0 Å². The first-order valence-electron chi connectivity index (χ1n) is 7.12. The second-order valence-electron chi connectivity index (χ2n) is 5.25. The van der Waals surface area contributed by atoms with Crippen LogP contribution in [0.3, 0.4) is 0 Å². The first kappa shape index (κ1) is 13.6. The molecule has 2 aromatic carbocycles. The van der Waals surface area contributed by atoms with Crippen molar-refractivity contribution in [1.82, 2.24) is 0 Å². The molecule has 2 aromatic rings. The fraction of sp³-hybridized carbons (Fsp3) is 0.235. The van der Waals surface area contributed by atoms with Crippen molar-refractivity contribution >= 4 is 17.3 Å². The van der Waals surface area contributed by atoms with E-state index in [9.17, 15) is 9.18 Å². The number of hydrogen-bond donors (Lipinski definition) is 2. The molecule has 21 heavy (non-hydrogen) atoms. The highest BCUT2D eigenvalue weighted by atomic mass is 19.1. The Bertz CT molecular complexity index is 652. The fourth-order valence-corrected chi connectivity index (χ4v) is 2.60. The molecule has 108 valence electrons. The van der Waals surface area contributed by atoms with Crippen molar-refractivity contribution in [3.8, 4) is 0 Å². The molecule has 3 nitrogen and oxygen atoms in total. The molecule has 1 aliphatic carbocycles. The number of anilines is 2. The lowest BCUT2D eigenvalue weighted by atomic mass is 10.1. The maximum absolute atomic E-state index is 12.8. The topological polar surface area (TPSA) is 41.1 Å². The Morgan fingerprint density at radius 2 is 1.71 bits per heavy atom. The quantitative estimate of drug-likeness (QED) is 0.904. The Hall–Kier alpha value is -2.36. The van der Waals surface area contributed by atoms with Crippen molar-refractivity contribution in [2.45, 2.75) is 19.3 Å². The molecule has 0 saturated carbocycles. The molecule has 0 saturated heterocycles. The summed E-state index contributed by atoms with van der Waals surface area (Å²) in [4.78, 5) is 11.8. The van der Waals surface area contributed by atoms with E-state index < -0.39 is 0 Å². The van der Waals surface area contributed by atoms with E-state index in [1.54, 1.807) is 12.1 Å². The predicted molar refractivity (Wildman–Crippen MR) is 82.0 cm³/mol. The molecular formula is C17H17FN2O. The Labute approximate surface area is 123 Å². The van der Waals surface area contributed by atoms with Gasteiger partial charge in [-0.2, -0.15) is 0 Å². The minimum Gasteiger partial charge on any atom is -0.376 e. The Kier molecular flexibility index (Phi) is 3.86. The maximum Gasteiger partial charge on any atom is 0.243 e. The Morgan fingerprint density at radius 3 is 2.52 bits per heavy atom. The van der Waals surface area contributed by atoms with Gasteiger partial charge in [0.05, 0.1) is 6.54 Å². The van der Waals surface area contributed by atoms with Crippen LogP contribution in [0.1, 0.15) is 17.5 Å². The van der Waals surface area contributed by atoms with E-state index in [2.05, 4.69) is 22.8 Å². The molecule has 3 rings (SSSR count). The number of fused-ring (bicyclic) bond motifs is 1.